The number of amides is 4. The van der Waals surface area contributed by atoms with E-state index in [1.807, 2.05) is 19.1 Å². The summed E-state index contributed by atoms with van der Waals surface area (Å²) in [5, 5.41) is 5.12. The van der Waals surface area contributed by atoms with E-state index in [0.29, 0.717) is 5.69 Å². The molecule has 1 aromatic carbocycles. The van der Waals surface area contributed by atoms with Gasteiger partial charge in [-0.2, -0.15) is 0 Å². The first-order valence-corrected chi connectivity index (χ1v) is 7.38. The summed E-state index contributed by atoms with van der Waals surface area (Å²) in [5.74, 6) is -0.818. The normalized spacial score (nSPS) is 11.7. The Morgan fingerprint density at radius 1 is 1.17 bits per heavy atom. The number of hydrogen-bond acceptors (Lipinski definition) is 3. The monoisotopic (exact) mass is 320 g/mol. The van der Waals surface area contributed by atoms with E-state index in [0.717, 1.165) is 5.56 Å². The van der Waals surface area contributed by atoms with E-state index in [1.165, 1.54) is 11.9 Å². The van der Waals surface area contributed by atoms with Crippen molar-refractivity contribution in [2.24, 2.45) is 11.7 Å². The summed E-state index contributed by atoms with van der Waals surface area (Å²) in [6.45, 7) is 5.42. The number of anilines is 1. The van der Waals surface area contributed by atoms with Crippen LogP contribution in [0.15, 0.2) is 24.3 Å². The molecule has 0 bridgehead atoms. The van der Waals surface area contributed by atoms with E-state index in [1.54, 1.807) is 26.0 Å². The van der Waals surface area contributed by atoms with E-state index in [4.69, 9.17) is 5.73 Å². The maximum atomic E-state index is 12.3. The van der Waals surface area contributed by atoms with Crippen molar-refractivity contribution in [3.63, 3.8) is 0 Å². The van der Waals surface area contributed by atoms with Gasteiger partial charge in [-0.05, 0) is 25.0 Å². The maximum Gasteiger partial charge on any atom is 0.312 e. The Morgan fingerprint density at radius 2 is 1.74 bits per heavy atom. The highest BCUT2D eigenvalue weighted by atomic mass is 16.2. The van der Waals surface area contributed by atoms with Gasteiger partial charge < -0.3 is 21.3 Å². The summed E-state index contributed by atoms with van der Waals surface area (Å²) in [6.07, 6.45) is 0. The van der Waals surface area contributed by atoms with Crippen molar-refractivity contribution in [3.05, 3.63) is 29.8 Å². The van der Waals surface area contributed by atoms with Crippen LogP contribution >= 0.6 is 0 Å². The number of nitrogens with one attached hydrogen (secondary N) is 2. The molecular formula is C16H24N4O3. The van der Waals surface area contributed by atoms with Gasteiger partial charge in [0.05, 0.1) is 6.54 Å². The lowest BCUT2D eigenvalue weighted by atomic mass is 10.0. The molecule has 23 heavy (non-hydrogen) atoms. The molecule has 4 N–H and O–H groups in total. The zero-order valence-corrected chi connectivity index (χ0v) is 13.9. The van der Waals surface area contributed by atoms with Gasteiger partial charge in [0.15, 0.2) is 0 Å². The highest BCUT2D eigenvalue weighted by molar-refractivity contribution is 5.95. The predicted molar refractivity (Wildman–Crippen MR) is 88.8 cm³/mol. The number of primary amides is 1. The van der Waals surface area contributed by atoms with Crippen molar-refractivity contribution in [2.75, 3.05) is 18.9 Å². The van der Waals surface area contributed by atoms with Crippen LogP contribution in [0.4, 0.5) is 10.5 Å². The summed E-state index contributed by atoms with van der Waals surface area (Å²) in [7, 11) is 1.51. The zero-order valence-electron chi connectivity index (χ0n) is 13.9. The molecule has 126 valence electrons. The number of aryl methyl sites for hydroxylation is 1. The molecule has 0 spiro atoms. The van der Waals surface area contributed by atoms with Crippen LogP contribution in [0.5, 0.6) is 0 Å². The zero-order chi connectivity index (χ0) is 17.6. The molecule has 0 fully saturated rings. The van der Waals surface area contributed by atoms with Crippen LogP contribution in [0.3, 0.4) is 0 Å². The van der Waals surface area contributed by atoms with Gasteiger partial charge >= 0.3 is 6.03 Å². The maximum absolute atomic E-state index is 12.3. The van der Waals surface area contributed by atoms with Gasteiger partial charge in [0.25, 0.3) is 0 Å². The largest absolute Gasteiger partial charge is 0.352 e. The molecule has 0 saturated heterocycles. The van der Waals surface area contributed by atoms with Crippen LogP contribution in [-0.4, -0.2) is 42.4 Å². The van der Waals surface area contributed by atoms with E-state index in [-0.39, 0.29) is 24.3 Å². The Bertz CT molecular complexity index is 569. The molecule has 0 aliphatic carbocycles. The SMILES string of the molecule is Cc1ccc(NC(=O)CN(C)C(=O)[C@@H](NC(N)=O)C(C)C)cc1. The van der Waals surface area contributed by atoms with Crippen molar-refractivity contribution in [3.8, 4) is 0 Å². The van der Waals surface area contributed by atoms with Crippen LogP contribution in [0, 0.1) is 12.8 Å². The first kappa shape index (κ1) is 18.5. The molecule has 0 radical (unpaired) electrons. The third-order valence-corrected chi connectivity index (χ3v) is 3.32. The van der Waals surface area contributed by atoms with Gasteiger partial charge in [0, 0.05) is 12.7 Å². The lowest BCUT2D eigenvalue weighted by molar-refractivity contribution is -0.135. The van der Waals surface area contributed by atoms with Crippen molar-refractivity contribution in [2.45, 2.75) is 26.8 Å². The highest BCUT2D eigenvalue weighted by Gasteiger charge is 2.27. The van der Waals surface area contributed by atoms with Gasteiger partial charge in [0.2, 0.25) is 11.8 Å². The lowest BCUT2D eigenvalue weighted by Crippen LogP contribution is -2.52. The summed E-state index contributed by atoms with van der Waals surface area (Å²) in [6, 6.07) is 5.83. The number of carbonyl (C=O) groups is 3. The van der Waals surface area contributed by atoms with Crippen molar-refractivity contribution < 1.29 is 14.4 Å². The molecule has 0 aliphatic heterocycles. The second kappa shape index (κ2) is 8.17. The molecule has 0 aromatic heterocycles. The second-order valence-electron chi connectivity index (χ2n) is 5.84. The molecule has 7 nitrogen and oxygen atoms in total. The fourth-order valence-electron chi connectivity index (χ4n) is 2.03. The summed E-state index contributed by atoms with van der Waals surface area (Å²) in [5.41, 5.74) is 6.84. The van der Waals surface area contributed by atoms with Crippen LogP contribution in [0.2, 0.25) is 0 Å². The molecule has 1 atom stereocenters. The molecule has 1 rings (SSSR count). The van der Waals surface area contributed by atoms with Gasteiger partial charge in [0.1, 0.15) is 6.04 Å². The minimum Gasteiger partial charge on any atom is -0.352 e. The average Bonchev–Trinajstić information content (AvgIpc) is 2.45. The highest BCUT2D eigenvalue weighted by Crippen LogP contribution is 2.09. The van der Waals surface area contributed by atoms with Crippen molar-refractivity contribution >= 4 is 23.5 Å². The second-order valence-corrected chi connectivity index (χ2v) is 5.84. The summed E-state index contributed by atoms with van der Waals surface area (Å²) < 4.78 is 0. The predicted octanol–water partition coefficient (Wildman–Crippen LogP) is 1.08. The topological polar surface area (TPSA) is 105 Å². The number of likely N-dealkylation sites (N-methyl/N-ethyl adjacent to an activating group) is 1. The Hall–Kier alpha value is -2.57. The minimum atomic E-state index is -0.769. The number of hydrogen-bond donors (Lipinski definition) is 3. The fourth-order valence-corrected chi connectivity index (χ4v) is 2.03. The Morgan fingerprint density at radius 3 is 2.22 bits per heavy atom. The van der Waals surface area contributed by atoms with Gasteiger partial charge in [-0.1, -0.05) is 31.5 Å². The number of carbonyl (C=O) groups excluding carboxylic acids is 3. The molecule has 0 unspecified atom stereocenters. The Labute approximate surface area is 136 Å². The molecular weight excluding hydrogens is 296 g/mol. The molecule has 4 amide bonds. The standard InChI is InChI=1S/C16H24N4O3/c1-10(2)14(19-16(17)23)15(22)20(4)9-13(21)18-12-7-5-11(3)6-8-12/h5-8,10,14H,9H2,1-4H3,(H,18,21)(H3,17,19,23)/t14-/m0/s1. The quantitative estimate of drug-likeness (QED) is 0.730. The molecule has 1 aromatic rings. The third-order valence-electron chi connectivity index (χ3n) is 3.32. The van der Waals surface area contributed by atoms with Gasteiger partial charge in [-0.25, -0.2) is 4.79 Å². The van der Waals surface area contributed by atoms with E-state index in [9.17, 15) is 14.4 Å². The smallest absolute Gasteiger partial charge is 0.312 e. The number of nitrogens with two attached hydrogens (primary N) is 1. The number of urea groups is 1. The number of nitrogens with zero attached hydrogens (tertiary/aromatic N) is 1. The summed E-state index contributed by atoms with van der Waals surface area (Å²) in [4.78, 5) is 36.6. The Balaban J connectivity index is 2.63. The van der Waals surface area contributed by atoms with Crippen LogP contribution in [0.25, 0.3) is 0 Å². The van der Waals surface area contributed by atoms with Crippen molar-refractivity contribution in [1.82, 2.24) is 10.2 Å². The fraction of sp³-hybridized carbons (Fsp3) is 0.438. The van der Waals surface area contributed by atoms with Crippen LogP contribution < -0.4 is 16.4 Å². The molecule has 0 saturated carbocycles. The van der Waals surface area contributed by atoms with Crippen LogP contribution in [0.1, 0.15) is 19.4 Å². The van der Waals surface area contributed by atoms with E-state index >= 15 is 0 Å². The summed E-state index contributed by atoms with van der Waals surface area (Å²) >= 11 is 0. The number of rotatable bonds is 6. The van der Waals surface area contributed by atoms with Gasteiger partial charge in [-0.15, -0.1) is 0 Å². The van der Waals surface area contributed by atoms with Gasteiger partial charge in [-0.3, -0.25) is 9.59 Å². The van der Waals surface area contributed by atoms with Crippen molar-refractivity contribution in [1.29, 1.82) is 0 Å². The molecule has 0 heterocycles. The average molecular weight is 320 g/mol. The molecule has 7 heteroatoms. The molecule has 0 aliphatic rings. The Kier molecular flexibility index (Phi) is 6.56. The lowest BCUT2D eigenvalue weighted by Gasteiger charge is -2.26. The van der Waals surface area contributed by atoms with Crippen LogP contribution in [-0.2, 0) is 9.59 Å². The number of benzene rings is 1. The minimum absolute atomic E-state index is 0.115. The first-order chi connectivity index (χ1) is 10.7. The third kappa shape index (κ3) is 5.98. The van der Waals surface area contributed by atoms with E-state index < -0.39 is 12.1 Å². The van der Waals surface area contributed by atoms with E-state index in [2.05, 4.69) is 10.6 Å². The first-order valence-electron chi connectivity index (χ1n) is 7.38.